The zero-order valence-corrected chi connectivity index (χ0v) is 19.2. The van der Waals surface area contributed by atoms with E-state index in [9.17, 15) is 9.59 Å². The first-order valence-electron chi connectivity index (χ1n) is 11.5. The van der Waals surface area contributed by atoms with Crippen molar-refractivity contribution in [1.82, 2.24) is 24.6 Å². The summed E-state index contributed by atoms with van der Waals surface area (Å²) in [4.78, 5) is 30.8. The number of carbonyl (C=O) groups is 1. The first-order valence-corrected chi connectivity index (χ1v) is 11.5. The maximum absolute atomic E-state index is 15.3. The van der Waals surface area contributed by atoms with Gasteiger partial charge in [0.1, 0.15) is 11.6 Å². The fraction of sp³-hybridized carbons (Fsp3) is 0.308. The summed E-state index contributed by atoms with van der Waals surface area (Å²) in [5, 5.41) is 7.64. The number of nitrogens with one attached hydrogen (secondary N) is 1. The number of likely N-dealkylation sites (tertiary alicyclic amines) is 1. The Balaban J connectivity index is 1.42. The first kappa shape index (κ1) is 22.0. The molecule has 1 amide bonds. The standard InChI is InChI=1S/C26H26FN5O2/c1-3-25(33)31-9-8-17(15-31)11-24-29-30-26(34)32(24)23-7-6-18(12-21(23)27)19-4-5-20-10-16(2)14-28-22(20)13-19/h4-7,10,12-14,17H,3,8-9,11,15H2,1-2H3,(H,30,34)/t17-/m0/s1. The number of rotatable bonds is 5. The molecule has 34 heavy (non-hydrogen) atoms. The molecule has 3 heterocycles. The summed E-state index contributed by atoms with van der Waals surface area (Å²) in [6, 6.07) is 12.8. The minimum absolute atomic E-state index is 0.127. The molecule has 4 aromatic rings. The van der Waals surface area contributed by atoms with Gasteiger partial charge in [-0.2, -0.15) is 5.10 Å². The number of amides is 1. The third-order valence-corrected chi connectivity index (χ3v) is 6.50. The Labute approximate surface area is 196 Å². The van der Waals surface area contributed by atoms with Crippen molar-refractivity contribution in [2.75, 3.05) is 13.1 Å². The third-order valence-electron chi connectivity index (χ3n) is 6.50. The van der Waals surface area contributed by atoms with Crippen LogP contribution in [0, 0.1) is 18.7 Å². The summed E-state index contributed by atoms with van der Waals surface area (Å²) in [5.74, 6) is 0.272. The second kappa shape index (κ2) is 8.85. The Morgan fingerprint density at radius 1 is 1.18 bits per heavy atom. The van der Waals surface area contributed by atoms with E-state index in [-0.39, 0.29) is 17.5 Å². The molecule has 1 atom stereocenters. The quantitative estimate of drug-likeness (QED) is 0.489. The van der Waals surface area contributed by atoms with Crippen LogP contribution in [0.3, 0.4) is 0 Å². The number of hydrogen-bond acceptors (Lipinski definition) is 4. The Kier molecular flexibility index (Phi) is 5.73. The van der Waals surface area contributed by atoms with Crippen molar-refractivity contribution in [3.8, 4) is 16.8 Å². The molecule has 1 N–H and O–H groups in total. The fourth-order valence-corrected chi connectivity index (χ4v) is 4.70. The van der Waals surface area contributed by atoms with Crippen LogP contribution in [-0.4, -0.2) is 43.6 Å². The van der Waals surface area contributed by atoms with Gasteiger partial charge in [-0.05, 0) is 60.2 Å². The maximum Gasteiger partial charge on any atom is 0.348 e. The van der Waals surface area contributed by atoms with Crippen LogP contribution in [0.5, 0.6) is 0 Å². The second-order valence-corrected chi connectivity index (χ2v) is 8.92. The molecule has 0 unspecified atom stereocenters. The highest BCUT2D eigenvalue weighted by Gasteiger charge is 2.27. The minimum Gasteiger partial charge on any atom is -0.342 e. The largest absolute Gasteiger partial charge is 0.348 e. The number of aromatic nitrogens is 4. The Morgan fingerprint density at radius 2 is 1.97 bits per heavy atom. The van der Waals surface area contributed by atoms with Crippen molar-refractivity contribution < 1.29 is 9.18 Å². The van der Waals surface area contributed by atoms with Crippen LogP contribution < -0.4 is 5.69 Å². The number of nitrogens with zero attached hydrogens (tertiary/aromatic N) is 4. The summed E-state index contributed by atoms with van der Waals surface area (Å²) in [6.07, 6.45) is 3.61. The monoisotopic (exact) mass is 459 g/mol. The van der Waals surface area contributed by atoms with Gasteiger partial charge in [0.2, 0.25) is 5.91 Å². The van der Waals surface area contributed by atoms with Crippen LogP contribution >= 0.6 is 0 Å². The Bertz CT molecular complexity index is 1440. The fourth-order valence-electron chi connectivity index (χ4n) is 4.70. The summed E-state index contributed by atoms with van der Waals surface area (Å²) in [7, 11) is 0. The molecule has 0 bridgehead atoms. The maximum atomic E-state index is 15.3. The van der Waals surface area contributed by atoms with E-state index in [1.165, 1.54) is 10.6 Å². The van der Waals surface area contributed by atoms with Gasteiger partial charge in [0.15, 0.2) is 0 Å². The molecule has 174 valence electrons. The van der Waals surface area contributed by atoms with Gasteiger partial charge in [-0.1, -0.05) is 25.1 Å². The van der Waals surface area contributed by atoms with E-state index in [4.69, 9.17) is 0 Å². The Morgan fingerprint density at radius 3 is 2.76 bits per heavy atom. The highest BCUT2D eigenvalue weighted by atomic mass is 19.1. The lowest BCUT2D eigenvalue weighted by atomic mass is 10.0. The van der Waals surface area contributed by atoms with Gasteiger partial charge in [-0.25, -0.2) is 18.9 Å². The van der Waals surface area contributed by atoms with Crippen molar-refractivity contribution in [3.63, 3.8) is 0 Å². The van der Waals surface area contributed by atoms with Gasteiger partial charge < -0.3 is 4.90 Å². The van der Waals surface area contributed by atoms with E-state index in [2.05, 4.69) is 21.2 Å². The first-order chi connectivity index (χ1) is 16.4. The van der Waals surface area contributed by atoms with Crippen molar-refractivity contribution in [2.45, 2.75) is 33.1 Å². The van der Waals surface area contributed by atoms with Crippen molar-refractivity contribution in [2.24, 2.45) is 5.92 Å². The minimum atomic E-state index is -0.506. The molecule has 0 saturated carbocycles. The number of fused-ring (bicyclic) bond motifs is 1. The molecular formula is C26H26FN5O2. The van der Waals surface area contributed by atoms with Crippen molar-refractivity contribution in [3.05, 3.63) is 76.4 Å². The van der Waals surface area contributed by atoms with E-state index in [0.29, 0.717) is 37.3 Å². The highest BCUT2D eigenvalue weighted by molar-refractivity contribution is 5.84. The average Bonchev–Trinajstić information content (AvgIpc) is 3.45. The molecule has 5 rings (SSSR count). The molecular weight excluding hydrogens is 433 g/mol. The van der Waals surface area contributed by atoms with E-state index < -0.39 is 11.5 Å². The second-order valence-electron chi connectivity index (χ2n) is 8.92. The predicted octanol–water partition coefficient (Wildman–Crippen LogP) is 4.02. The average molecular weight is 460 g/mol. The molecule has 0 spiro atoms. The van der Waals surface area contributed by atoms with Crippen LogP contribution in [-0.2, 0) is 11.2 Å². The number of aryl methyl sites for hydroxylation is 1. The molecule has 0 aliphatic carbocycles. The lowest BCUT2D eigenvalue weighted by Gasteiger charge is -2.15. The highest BCUT2D eigenvalue weighted by Crippen LogP contribution is 2.27. The SMILES string of the molecule is CCC(=O)N1CC[C@@H](Cc2n[nH]c(=O)n2-c2ccc(-c3ccc4cc(C)cnc4c3)cc2F)C1. The number of pyridine rings is 1. The number of halogens is 1. The third kappa shape index (κ3) is 4.11. The molecule has 1 fully saturated rings. The van der Waals surface area contributed by atoms with Crippen molar-refractivity contribution in [1.29, 1.82) is 0 Å². The van der Waals surface area contributed by atoms with Crippen LogP contribution in [0.4, 0.5) is 4.39 Å². The lowest BCUT2D eigenvalue weighted by Crippen LogP contribution is -2.28. The van der Waals surface area contributed by atoms with Gasteiger partial charge in [0, 0.05) is 37.5 Å². The van der Waals surface area contributed by atoms with E-state index in [1.807, 2.05) is 43.1 Å². The molecule has 1 saturated heterocycles. The lowest BCUT2D eigenvalue weighted by molar-refractivity contribution is -0.129. The topological polar surface area (TPSA) is 83.9 Å². The molecule has 1 aliphatic heterocycles. The van der Waals surface area contributed by atoms with Gasteiger partial charge in [0.05, 0.1) is 11.2 Å². The molecule has 7 nitrogen and oxygen atoms in total. The van der Waals surface area contributed by atoms with Gasteiger partial charge in [-0.3, -0.25) is 9.78 Å². The number of hydrogen-bond donors (Lipinski definition) is 1. The van der Waals surface area contributed by atoms with Crippen LogP contribution in [0.2, 0.25) is 0 Å². The van der Waals surface area contributed by atoms with Gasteiger partial charge in [-0.15, -0.1) is 0 Å². The molecule has 1 aliphatic rings. The van der Waals surface area contributed by atoms with Crippen LogP contribution in [0.25, 0.3) is 27.7 Å². The Hall–Kier alpha value is -3.81. The van der Waals surface area contributed by atoms with E-state index in [1.54, 1.807) is 12.1 Å². The molecule has 0 radical (unpaired) electrons. The molecule has 2 aromatic carbocycles. The summed E-state index contributed by atoms with van der Waals surface area (Å²) < 4.78 is 16.6. The summed E-state index contributed by atoms with van der Waals surface area (Å²) in [6.45, 7) is 5.18. The van der Waals surface area contributed by atoms with E-state index in [0.717, 1.165) is 28.5 Å². The van der Waals surface area contributed by atoms with Crippen LogP contribution in [0.15, 0.2) is 53.5 Å². The zero-order chi connectivity index (χ0) is 23.8. The zero-order valence-electron chi connectivity index (χ0n) is 19.2. The van der Waals surface area contributed by atoms with Crippen molar-refractivity contribution >= 4 is 16.8 Å². The number of carbonyl (C=O) groups excluding carboxylic acids is 1. The normalized spacial score (nSPS) is 15.9. The number of aromatic amines is 1. The summed E-state index contributed by atoms with van der Waals surface area (Å²) in [5.41, 5.74) is 3.15. The molecule has 2 aromatic heterocycles. The van der Waals surface area contributed by atoms with Gasteiger partial charge in [0.25, 0.3) is 0 Å². The van der Waals surface area contributed by atoms with Gasteiger partial charge >= 0.3 is 5.69 Å². The molecule has 8 heteroatoms. The predicted molar refractivity (Wildman–Crippen MR) is 128 cm³/mol. The smallest absolute Gasteiger partial charge is 0.342 e. The van der Waals surface area contributed by atoms with Crippen LogP contribution in [0.1, 0.15) is 31.2 Å². The number of benzene rings is 2. The number of H-pyrrole nitrogens is 1. The summed E-state index contributed by atoms with van der Waals surface area (Å²) >= 11 is 0. The van der Waals surface area contributed by atoms with E-state index >= 15 is 4.39 Å².